The van der Waals surface area contributed by atoms with E-state index in [-0.39, 0.29) is 0 Å². The largest absolute Gasteiger partial charge is 0.370 e. The van der Waals surface area contributed by atoms with Gasteiger partial charge in [-0.05, 0) is 25.8 Å². The molecule has 0 radical (unpaired) electrons. The first kappa shape index (κ1) is 13.3. The number of hydrogen-bond acceptors (Lipinski definition) is 4. The Kier molecular flexibility index (Phi) is 4.72. The number of aromatic nitrogens is 2. The normalized spacial score (nSPS) is 10.2. The molecular formula is C15H20N4. The zero-order valence-corrected chi connectivity index (χ0v) is 11.5. The quantitative estimate of drug-likeness (QED) is 0.834. The standard InChI is InChI=1S/C15H20N4/c1-3-16-14-11-15(19-12(2)18-14)17-10-9-13-7-5-4-6-8-13/h4-8,11H,3,9-10H2,1-2H3,(H2,16,17,18,19). The summed E-state index contributed by atoms with van der Waals surface area (Å²) < 4.78 is 0. The molecule has 1 aromatic carbocycles. The van der Waals surface area contributed by atoms with Crippen LogP contribution in [0.1, 0.15) is 18.3 Å². The Bertz CT molecular complexity index is 511. The van der Waals surface area contributed by atoms with Crippen molar-refractivity contribution in [1.29, 1.82) is 0 Å². The SMILES string of the molecule is CCNc1cc(NCCc2ccccc2)nc(C)n1. The highest BCUT2D eigenvalue weighted by atomic mass is 15.1. The average molecular weight is 256 g/mol. The number of nitrogens with one attached hydrogen (secondary N) is 2. The van der Waals surface area contributed by atoms with E-state index in [0.717, 1.165) is 37.0 Å². The molecule has 1 heterocycles. The molecule has 1 aromatic heterocycles. The van der Waals surface area contributed by atoms with Crippen LogP contribution in [0.25, 0.3) is 0 Å². The molecular weight excluding hydrogens is 236 g/mol. The molecule has 4 heteroatoms. The molecule has 0 unspecified atom stereocenters. The highest BCUT2D eigenvalue weighted by molar-refractivity contribution is 5.47. The van der Waals surface area contributed by atoms with Crippen LogP contribution < -0.4 is 10.6 Å². The van der Waals surface area contributed by atoms with Crippen LogP contribution in [0.3, 0.4) is 0 Å². The molecule has 0 spiro atoms. The van der Waals surface area contributed by atoms with Crippen LogP contribution in [-0.2, 0) is 6.42 Å². The van der Waals surface area contributed by atoms with Gasteiger partial charge in [-0.1, -0.05) is 30.3 Å². The lowest BCUT2D eigenvalue weighted by Crippen LogP contribution is -2.09. The highest BCUT2D eigenvalue weighted by Gasteiger charge is 2.00. The van der Waals surface area contributed by atoms with E-state index < -0.39 is 0 Å². The second kappa shape index (κ2) is 6.73. The van der Waals surface area contributed by atoms with Gasteiger partial charge in [0.1, 0.15) is 17.5 Å². The van der Waals surface area contributed by atoms with E-state index >= 15 is 0 Å². The average Bonchev–Trinajstić information content (AvgIpc) is 2.40. The summed E-state index contributed by atoms with van der Waals surface area (Å²) in [5, 5.41) is 6.55. The van der Waals surface area contributed by atoms with Crippen LogP contribution in [0.5, 0.6) is 0 Å². The third-order valence-corrected chi connectivity index (χ3v) is 2.76. The van der Waals surface area contributed by atoms with Gasteiger partial charge in [-0.15, -0.1) is 0 Å². The van der Waals surface area contributed by atoms with Gasteiger partial charge in [0, 0.05) is 19.2 Å². The van der Waals surface area contributed by atoms with Crippen molar-refractivity contribution in [2.75, 3.05) is 23.7 Å². The summed E-state index contributed by atoms with van der Waals surface area (Å²) in [6.07, 6.45) is 0.987. The van der Waals surface area contributed by atoms with E-state index in [2.05, 4.69) is 51.8 Å². The van der Waals surface area contributed by atoms with Gasteiger partial charge in [0.2, 0.25) is 0 Å². The first-order valence-electron chi connectivity index (χ1n) is 6.65. The second-order valence-electron chi connectivity index (χ2n) is 4.38. The maximum Gasteiger partial charge on any atom is 0.131 e. The lowest BCUT2D eigenvalue weighted by Gasteiger charge is -2.09. The van der Waals surface area contributed by atoms with E-state index in [1.807, 2.05) is 19.1 Å². The summed E-state index contributed by atoms with van der Waals surface area (Å²) in [6.45, 7) is 5.69. The highest BCUT2D eigenvalue weighted by Crippen LogP contribution is 2.11. The van der Waals surface area contributed by atoms with Crippen molar-refractivity contribution in [1.82, 2.24) is 9.97 Å². The maximum atomic E-state index is 4.39. The Morgan fingerprint density at radius 1 is 1.00 bits per heavy atom. The first-order chi connectivity index (χ1) is 9.28. The number of nitrogens with zero attached hydrogens (tertiary/aromatic N) is 2. The molecule has 100 valence electrons. The molecule has 4 nitrogen and oxygen atoms in total. The Morgan fingerprint density at radius 2 is 1.68 bits per heavy atom. The van der Waals surface area contributed by atoms with Gasteiger partial charge in [0.25, 0.3) is 0 Å². The molecule has 0 aliphatic carbocycles. The number of anilines is 2. The van der Waals surface area contributed by atoms with E-state index in [0.29, 0.717) is 0 Å². The third-order valence-electron chi connectivity index (χ3n) is 2.76. The Labute approximate surface area is 114 Å². The fourth-order valence-electron chi connectivity index (χ4n) is 1.91. The maximum absolute atomic E-state index is 4.39. The van der Waals surface area contributed by atoms with Gasteiger partial charge in [0.05, 0.1) is 0 Å². The van der Waals surface area contributed by atoms with Gasteiger partial charge in [0.15, 0.2) is 0 Å². The summed E-state index contributed by atoms with van der Waals surface area (Å²) in [7, 11) is 0. The number of benzene rings is 1. The van der Waals surface area contributed by atoms with Crippen LogP contribution in [0, 0.1) is 6.92 Å². The zero-order chi connectivity index (χ0) is 13.5. The third kappa shape index (κ3) is 4.25. The first-order valence-corrected chi connectivity index (χ1v) is 6.65. The summed E-state index contributed by atoms with van der Waals surface area (Å²) in [6, 6.07) is 12.4. The summed E-state index contributed by atoms with van der Waals surface area (Å²) >= 11 is 0. The van der Waals surface area contributed by atoms with Gasteiger partial charge >= 0.3 is 0 Å². The fraction of sp³-hybridized carbons (Fsp3) is 0.333. The predicted octanol–water partition coefficient (Wildman–Crippen LogP) is 2.87. The van der Waals surface area contributed by atoms with Crippen molar-refractivity contribution in [3.63, 3.8) is 0 Å². The molecule has 19 heavy (non-hydrogen) atoms. The predicted molar refractivity (Wildman–Crippen MR) is 79.6 cm³/mol. The number of aryl methyl sites for hydroxylation is 1. The van der Waals surface area contributed by atoms with Crippen molar-refractivity contribution in [3.8, 4) is 0 Å². The lowest BCUT2D eigenvalue weighted by atomic mass is 10.1. The topological polar surface area (TPSA) is 49.8 Å². The summed E-state index contributed by atoms with van der Waals surface area (Å²) in [4.78, 5) is 8.71. The second-order valence-corrected chi connectivity index (χ2v) is 4.38. The molecule has 2 rings (SSSR count). The van der Waals surface area contributed by atoms with Crippen LogP contribution in [0.2, 0.25) is 0 Å². The fourth-order valence-corrected chi connectivity index (χ4v) is 1.91. The van der Waals surface area contributed by atoms with Crippen molar-refractivity contribution in [3.05, 3.63) is 47.8 Å². The Balaban J connectivity index is 1.92. The van der Waals surface area contributed by atoms with Crippen LogP contribution in [-0.4, -0.2) is 23.1 Å². The molecule has 0 amide bonds. The van der Waals surface area contributed by atoms with Crippen LogP contribution in [0.4, 0.5) is 11.6 Å². The molecule has 2 N–H and O–H groups in total. The molecule has 0 aliphatic heterocycles. The van der Waals surface area contributed by atoms with E-state index in [1.165, 1.54) is 5.56 Å². The Hall–Kier alpha value is -2.10. The van der Waals surface area contributed by atoms with Gasteiger partial charge in [-0.25, -0.2) is 9.97 Å². The Morgan fingerprint density at radius 3 is 2.37 bits per heavy atom. The smallest absolute Gasteiger partial charge is 0.131 e. The van der Waals surface area contributed by atoms with E-state index in [9.17, 15) is 0 Å². The summed E-state index contributed by atoms with van der Waals surface area (Å²) in [5.74, 6) is 2.53. The number of rotatable bonds is 6. The number of hydrogen-bond donors (Lipinski definition) is 2. The molecule has 0 saturated heterocycles. The van der Waals surface area contributed by atoms with Crippen LogP contribution in [0.15, 0.2) is 36.4 Å². The molecule has 2 aromatic rings. The van der Waals surface area contributed by atoms with Crippen molar-refractivity contribution in [2.45, 2.75) is 20.3 Å². The zero-order valence-electron chi connectivity index (χ0n) is 11.5. The minimum absolute atomic E-state index is 0.778. The van der Waals surface area contributed by atoms with Crippen molar-refractivity contribution in [2.24, 2.45) is 0 Å². The molecule has 0 atom stereocenters. The molecule has 0 fully saturated rings. The van der Waals surface area contributed by atoms with Gasteiger partial charge in [-0.2, -0.15) is 0 Å². The molecule has 0 aliphatic rings. The van der Waals surface area contributed by atoms with Crippen molar-refractivity contribution < 1.29 is 0 Å². The van der Waals surface area contributed by atoms with E-state index in [1.54, 1.807) is 0 Å². The lowest BCUT2D eigenvalue weighted by molar-refractivity contribution is 0.978. The van der Waals surface area contributed by atoms with Crippen LogP contribution >= 0.6 is 0 Å². The minimum Gasteiger partial charge on any atom is -0.370 e. The van der Waals surface area contributed by atoms with Crippen molar-refractivity contribution >= 4 is 11.6 Å². The molecule has 0 saturated carbocycles. The summed E-state index contributed by atoms with van der Waals surface area (Å²) in [5.41, 5.74) is 1.33. The molecule has 0 bridgehead atoms. The monoisotopic (exact) mass is 256 g/mol. The minimum atomic E-state index is 0.778. The van der Waals surface area contributed by atoms with Gasteiger partial charge in [-0.3, -0.25) is 0 Å². The van der Waals surface area contributed by atoms with Gasteiger partial charge < -0.3 is 10.6 Å². The van der Waals surface area contributed by atoms with E-state index in [4.69, 9.17) is 0 Å².